The van der Waals surface area contributed by atoms with Gasteiger partial charge in [0.15, 0.2) is 11.4 Å². The van der Waals surface area contributed by atoms with E-state index in [1.165, 1.54) is 31.1 Å². The highest BCUT2D eigenvalue weighted by Crippen LogP contribution is 2.57. The maximum atomic E-state index is 13.7. The molecule has 9 N–H and O–H groups in total. The van der Waals surface area contributed by atoms with Crippen molar-refractivity contribution in [1.82, 2.24) is 4.90 Å². The van der Waals surface area contributed by atoms with Gasteiger partial charge in [-0.05, 0) is 20.2 Å². The van der Waals surface area contributed by atoms with Crippen molar-refractivity contribution in [3.8, 4) is 5.75 Å². The van der Waals surface area contributed by atoms with Gasteiger partial charge < -0.3 is 41.5 Å². The van der Waals surface area contributed by atoms with Crippen LogP contribution in [0.2, 0.25) is 0 Å². The third kappa shape index (κ3) is 2.62. The molecular weight excluding hydrogens is 452 g/mol. The van der Waals surface area contributed by atoms with Crippen molar-refractivity contribution in [2.75, 3.05) is 20.7 Å². The van der Waals surface area contributed by atoms with Gasteiger partial charge in [0.1, 0.15) is 28.4 Å². The number of hydrogen-bond acceptors (Lipinski definition) is 11. The van der Waals surface area contributed by atoms with E-state index < -0.39 is 93.2 Å². The molecular formula is C22H24N2O10. The Morgan fingerprint density at radius 3 is 2.29 bits per heavy atom. The summed E-state index contributed by atoms with van der Waals surface area (Å²) in [6.07, 6.45) is -2.03. The Labute approximate surface area is 192 Å². The topological polar surface area (TPSA) is 222 Å². The molecule has 0 aliphatic heterocycles. The molecule has 1 aromatic rings. The second-order valence-electron chi connectivity index (χ2n) is 8.99. The number of phenols is 1. The van der Waals surface area contributed by atoms with Crippen LogP contribution in [0.15, 0.2) is 35.1 Å². The summed E-state index contributed by atoms with van der Waals surface area (Å²) in [7, 11) is 2.72. The first-order valence-corrected chi connectivity index (χ1v) is 10.2. The molecule has 0 radical (unpaired) electrons. The van der Waals surface area contributed by atoms with Crippen molar-refractivity contribution >= 4 is 23.2 Å². The molecule has 4 rings (SSSR count). The molecule has 12 heteroatoms. The Hall–Kier alpha value is -3.29. The van der Waals surface area contributed by atoms with Gasteiger partial charge >= 0.3 is 0 Å². The van der Waals surface area contributed by atoms with Crippen molar-refractivity contribution in [3.05, 3.63) is 46.2 Å². The van der Waals surface area contributed by atoms with Crippen LogP contribution in [-0.4, -0.2) is 96.6 Å². The van der Waals surface area contributed by atoms with Gasteiger partial charge in [0.05, 0.1) is 41.7 Å². The number of aliphatic hydroxyl groups excluding tert-OH is 4. The molecule has 0 heterocycles. The summed E-state index contributed by atoms with van der Waals surface area (Å²) in [5, 5.41) is 76.6. The lowest BCUT2D eigenvalue weighted by Gasteiger charge is -2.55. The maximum Gasteiger partial charge on any atom is 0.255 e. The van der Waals surface area contributed by atoms with E-state index in [0.717, 1.165) is 6.07 Å². The number of nitrogens with zero attached hydrogens (tertiary/aromatic N) is 1. The van der Waals surface area contributed by atoms with Gasteiger partial charge in [-0.3, -0.25) is 19.3 Å². The normalized spacial score (nSPS) is 35.3. The molecule has 1 aromatic carbocycles. The summed E-state index contributed by atoms with van der Waals surface area (Å²) >= 11 is 0. The molecule has 6 atom stereocenters. The number of rotatable bonds is 3. The number of fused-ring (bicyclic) bond motifs is 3. The van der Waals surface area contributed by atoms with Crippen LogP contribution in [-0.2, 0) is 20.0 Å². The lowest BCUT2D eigenvalue weighted by molar-refractivity contribution is -0.187. The molecule has 0 saturated heterocycles. The number of benzene rings is 1. The summed E-state index contributed by atoms with van der Waals surface area (Å²) in [5.74, 6) is -10.5. The van der Waals surface area contributed by atoms with Crippen molar-refractivity contribution < 1.29 is 50.1 Å². The first-order chi connectivity index (χ1) is 15.8. The summed E-state index contributed by atoms with van der Waals surface area (Å²) in [6.45, 7) is -1.09. The number of aliphatic hydroxyl groups is 6. The number of likely N-dealkylation sites (N-methyl/N-ethyl adjacent to an activating group) is 1. The molecule has 3 aliphatic rings. The molecule has 0 bridgehead atoms. The Bertz CT molecular complexity index is 1200. The third-order valence-corrected chi connectivity index (χ3v) is 7.11. The zero-order valence-corrected chi connectivity index (χ0v) is 18.1. The summed E-state index contributed by atoms with van der Waals surface area (Å²) in [4.78, 5) is 39.9. The van der Waals surface area contributed by atoms with Crippen molar-refractivity contribution in [2.24, 2.45) is 17.6 Å². The average molecular weight is 476 g/mol. The van der Waals surface area contributed by atoms with E-state index in [0.29, 0.717) is 0 Å². The molecule has 1 saturated carbocycles. The van der Waals surface area contributed by atoms with E-state index >= 15 is 0 Å². The number of hydrogen-bond donors (Lipinski definition) is 8. The highest BCUT2D eigenvalue weighted by Gasteiger charge is 2.70. The average Bonchev–Trinajstić information content (AvgIpc) is 2.76. The van der Waals surface area contributed by atoms with Gasteiger partial charge in [-0.2, -0.15) is 0 Å². The molecule has 3 aliphatic carbocycles. The third-order valence-electron chi connectivity index (χ3n) is 7.11. The van der Waals surface area contributed by atoms with Crippen molar-refractivity contribution in [3.63, 3.8) is 0 Å². The zero-order chi connectivity index (χ0) is 25.5. The van der Waals surface area contributed by atoms with Crippen LogP contribution in [0.3, 0.4) is 0 Å². The quantitative estimate of drug-likeness (QED) is 0.214. The molecule has 182 valence electrons. The Morgan fingerprint density at radius 1 is 1.15 bits per heavy atom. The van der Waals surface area contributed by atoms with Crippen LogP contribution in [0.1, 0.15) is 11.1 Å². The zero-order valence-electron chi connectivity index (χ0n) is 18.1. The predicted octanol–water partition coefficient (Wildman–Crippen LogP) is -2.43. The van der Waals surface area contributed by atoms with Crippen LogP contribution in [0.25, 0.3) is 5.76 Å². The summed E-state index contributed by atoms with van der Waals surface area (Å²) in [5.41, 5.74) is -2.82. The highest BCUT2D eigenvalue weighted by atomic mass is 16.4. The monoisotopic (exact) mass is 476 g/mol. The number of ketones is 2. The van der Waals surface area contributed by atoms with Gasteiger partial charge in [0.2, 0.25) is 5.78 Å². The van der Waals surface area contributed by atoms with E-state index in [2.05, 4.69) is 0 Å². The van der Waals surface area contributed by atoms with Crippen molar-refractivity contribution in [1.29, 1.82) is 0 Å². The van der Waals surface area contributed by atoms with Crippen LogP contribution in [0.5, 0.6) is 5.75 Å². The molecule has 0 aromatic heterocycles. The molecule has 1 fully saturated rings. The van der Waals surface area contributed by atoms with E-state index in [-0.39, 0.29) is 5.56 Å². The fourth-order valence-electron chi connectivity index (χ4n) is 5.63. The van der Waals surface area contributed by atoms with Crippen LogP contribution < -0.4 is 5.73 Å². The second kappa shape index (κ2) is 7.35. The Morgan fingerprint density at radius 2 is 1.76 bits per heavy atom. The largest absolute Gasteiger partial charge is 0.508 e. The van der Waals surface area contributed by atoms with Gasteiger partial charge in [0.25, 0.3) is 5.91 Å². The fraction of sp³-hybridized carbons (Fsp3) is 0.409. The Balaban J connectivity index is 2.12. The van der Waals surface area contributed by atoms with E-state index in [9.17, 15) is 50.1 Å². The summed E-state index contributed by atoms with van der Waals surface area (Å²) < 4.78 is 0. The van der Waals surface area contributed by atoms with Gasteiger partial charge in [0, 0.05) is 5.56 Å². The van der Waals surface area contributed by atoms with Crippen molar-refractivity contribution in [2.45, 2.75) is 23.3 Å². The van der Waals surface area contributed by atoms with Crippen LogP contribution >= 0.6 is 0 Å². The van der Waals surface area contributed by atoms with Gasteiger partial charge in [-0.15, -0.1) is 0 Å². The number of aromatic hydroxyl groups is 1. The molecule has 1 amide bonds. The van der Waals surface area contributed by atoms with E-state index in [1.807, 2.05) is 0 Å². The SMILES string of the molecule is CN(C)[C@@H]1C(=O)C(C(N)=O)=C(O)[C@]2(O)C(=O)C3=C(O)c4c(O)cccc4C(O)(CO)[C@@H]3[C@@H](O)[C@H]12. The number of amides is 1. The van der Waals surface area contributed by atoms with Crippen LogP contribution in [0.4, 0.5) is 0 Å². The minimum Gasteiger partial charge on any atom is -0.508 e. The number of carbonyl (C=O) groups is 3. The maximum absolute atomic E-state index is 13.7. The Kier molecular flexibility index (Phi) is 5.16. The number of nitrogens with two attached hydrogens (primary N) is 1. The summed E-state index contributed by atoms with van der Waals surface area (Å²) in [6, 6.07) is 2.13. The minimum atomic E-state index is -3.11. The number of carbonyl (C=O) groups excluding carboxylic acids is 3. The highest BCUT2D eigenvalue weighted by molar-refractivity contribution is 6.24. The predicted molar refractivity (Wildman–Crippen MR) is 113 cm³/mol. The standard InChI is InChI=1S/C22H24N2O10/c1-24(2)14-13-17(29)12-10(18(30)22(13,34)19(31)11(16(14)28)20(23)32)15(27)9-7(21(12,33)6-25)4-3-5-8(9)26/h3-5,12-14,17,25-27,29,31,33-34H,6H2,1-2H3,(H2,23,32)/t12-,13-,14-,17+,21?,22+/m0/s1. The number of phenolic OH excluding ortho intramolecular Hbond substituents is 1. The van der Waals surface area contributed by atoms with Gasteiger partial charge in [-0.1, -0.05) is 12.1 Å². The smallest absolute Gasteiger partial charge is 0.255 e. The second-order valence-corrected chi connectivity index (χ2v) is 8.99. The molecule has 34 heavy (non-hydrogen) atoms. The first-order valence-electron chi connectivity index (χ1n) is 10.2. The number of primary amides is 1. The van der Waals surface area contributed by atoms with E-state index in [1.54, 1.807) is 0 Å². The van der Waals surface area contributed by atoms with Gasteiger partial charge in [-0.25, -0.2) is 0 Å². The molecule has 1 unspecified atom stereocenters. The van der Waals surface area contributed by atoms with Crippen LogP contribution in [0, 0.1) is 11.8 Å². The minimum absolute atomic E-state index is 0.209. The first kappa shape index (κ1) is 23.9. The lowest BCUT2D eigenvalue weighted by atomic mass is 9.53. The molecule has 0 spiro atoms. The van der Waals surface area contributed by atoms with E-state index in [4.69, 9.17) is 5.73 Å². The lowest BCUT2D eigenvalue weighted by Crippen LogP contribution is -2.72. The fourth-order valence-corrected chi connectivity index (χ4v) is 5.63. The number of Topliss-reactive ketones (excluding diaryl/α,β-unsaturated/α-hetero) is 2. The molecule has 12 nitrogen and oxygen atoms in total.